The van der Waals surface area contributed by atoms with Gasteiger partial charge in [0.05, 0.1) is 12.2 Å². The molecule has 1 saturated heterocycles. The Morgan fingerprint density at radius 1 is 0.938 bits per heavy atom. The standard InChI is InChI=1S/C12H22O2S2/c13-10-2-1-3-11(14)7-9(6-10)12-4-5-15-8-16-12/h9-14H,1-8H2. The molecule has 1 aliphatic heterocycles. The predicted octanol–water partition coefficient (Wildman–Crippen LogP) is 2.48. The van der Waals surface area contributed by atoms with E-state index in [4.69, 9.17) is 0 Å². The Morgan fingerprint density at radius 2 is 1.62 bits per heavy atom. The van der Waals surface area contributed by atoms with Gasteiger partial charge >= 0.3 is 0 Å². The molecule has 2 aliphatic rings. The normalized spacial score (nSPS) is 42.4. The van der Waals surface area contributed by atoms with Gasteiger partial charge in [-0.15, -0.1) is 11.8 Å². The van der Waals surface area contributed by atoms with Gasteiger partial charge in [-0.3, -0.25) is 0 Å². The molecule has 2 N–H and O–H groups in total. The first-order valence-electron chi connectivity index (χ1n) is 6.31. The van der Waals surface area contributed by atoms with Gasteiger partial charge in [0.1, 0.15) is 0 Å². The summed E-state index contributed by atoms with van der Waals surface area (Å²) in [4.78, 5) is 0. The first-order valence-corrected chi connectivity index (χ1v) is 8.51. The molecule has 4 heteroatoms. The van der Waals surface area contributed by atoms with Crippen molar-refractivity contribution in [3.63, 3.8) is 0 Å². The molecule has 2 fully saturated rings. The van der Waals surface area contributed by atoms with Crippen molar-refractivity contribution in [1.29, 1.82) is 0 Å². The average Bonchev–Trinajstić information content (AvgIpc) is 2.27. The largest absolute Gasteiger partial charge is 0.393 e. The van der Waals surface area contributed by atoms with Gasteiger partial charge in [0, 0.05) is 10.3 Å². The van der Waals surface area contributed by atoms with Crippen LogP contribution in [0, 0.1) is 5.92 Å². The molecule has 2 nitrogen and oxygen atoms in total. The fourth-order valence-corrected chi connectivity index (χ4v) is 5.68. The molecule has 0 aromatic carbocycles. The third-order valence-electron chi connectivity index (χ3n) is 3.66. The quantitative estimate of drug-likeness (QED) is 0.762. The highest BCUT2D eigenvalue weighted by Gasteiger charge is 2.29. The molecule has 1 aliphatic carbocycles. The molecular formula is C12H22O2S2. The molecule has 0 radical (unpaired) electrons. The Kier molecular flexibility index (Phi) is 5.33. The number of rotatable bonds is 1. The van der Waals surface area contributed by atoms with Crippen LogP contribution in [-0.2, 0) is 0 Å². The van der Waals surface area contributed by atoms with Crippen molar-refractivity contribution in [2.75, 3.05) is 10.8 Å². The molecule has 0 aromatic heterocycles. The molecule has 94 valence electrons. The monoisotopic (exact) mass is 262 g/mol. The van der Waals surface area contributed by atoms with Gasteiger partial charge in [-0.1, -0.05) is 0 Å². The van der Waals surface area contributed by atoms with Crippen LogP contribution in [0.5, 0.6) is 0 Å². The zero-order chi connectivity index (χ0) is 11.4. The van der Waals surface area contributed by atoms with E-state index in [0.29, 0.717) is 11.2 Å². The lowest BCUT2D eigenvalue weighted by atomic mass is 9.85. The van der Waals surface area contributed by atoms with E-state index >= 15 is 0 Å². The van der Waals surface area contributed by atoms with Crippen LogP contribution in [-0.4, -0.2) is 38.5 Å². The van der Waals surface area contributed by atoms with Crippen LogP contribution >= 0.6 is 23.5 Å². The second-order valence-electron chi connectivity index (χ2n) is 4.99. The highest BCUT2D eigenvalue weighted by atomic mass is 32.2. The summed E-state index contributed by atoms with van der Waals surface area (Å²) in [6, 6.07) is 0. The average molecular weight is 262 g/mol. The minimum Gasteiger partial charge on any atom is -0.393 e. The van der Waals surface area contributed by atoms with E-state index in [-0.39, 0.29) is 12.2 Å². The summed E-state index contributed by atoms with van der Waals surface area (Å²) in [5.74, 6) is 1.77. The Labute approximate surface area is 107 Å². The van der Waals surface area contributed by atoms with Gasteiger partial charge in [0.25, 0.3) is 0 Å². The van der Waals surface area contributed by atoms with E-state index in [2.05, 4.69) is 0 Å². The zero-order valence-electron chi connectivity index (χ0n) is 9.68. The van der Waals surface area contributed by atoms with Crippen LogP contribution in [0.15, 0.2) is 0 Å². The third kappa shape index (κ3) is 3.83. The van der Waals surface area contributed by atoms with Crippen molar-refractivity contribution in [2.45, 2.75) is 56.0 Å². The summed E-state index contributed by atoms with van der Waals surface area (Å²) in [5.41, 5.74) is 0. The SMILES string of the molecule is OC1CCCC(O)CC(C2CCSCS2)C1. The van der Waals surface area contributed by atoms with Crippen molar-refractivity contribution < 1.29 is 10.2 Å². The summed E-state index contributed by atoms with van der Waals surface area (Å²) in [7, 11) is 0. The fraction of sp³-hybridized carbons (Fsp3) is 1.00. The van der Waals surface area contributed by atoms with Gasteiger partial charge in [0.15, 0.2) is 0 Å². The van der Waals surface area contributed by atoms with Crippen molar-refractivity contribution >= 4 is 23.5 Å². The zero-order valence-corrected chi connectivity index (χ0v) is 11.3. The number of thioether (sulfide) groups is 2. The molecule has 3 atom stereocenters. The number of aliphatic hydroxyl groups excluding tert-OH is 2. The lowest BCUT2D eigenvalue weighted by molar-refractivity contribution is 0.0667. The minimum atomic E-state index is -0.132. The summed E-state index contributed by atoms with van der Waals surface area (Å²) in [5, 5.41) is 21.7. The molecule has 0 amide bonds. The molecule has 1 saturated carbocycles. The van der Waals surface area contributed by atoms with Crippen molar-refractivity contribution in [1.82, 2.24) is 0 Å². The maximum atomic E-state index is 9.91. The maximum Gasteiger partial charge on any atom is 0.0543 e. The highest BCUT2D eigenvalue weighted by Crippen LogP contribution is 2.38. The lowest BCUT2D eigenvalue weighted by Crippen LogP contribution is -2.30. The molecule has 0 spiro atoms. The van der Waals surface area contributed by atoms with E-state index in [1.807, 2.05) is 23.5 Å². The Balaban J connectivity index is 1.92. The highest BCUT2D eigenvalue weighted by molar-refractivity contribution is 8.16. The molecular weight excluding hydrogens is 240 g/mol. The second-order valence-corrected chi connectivity index (χ2v) is 7.69. The van der Waals surface area contributed by atoms with Crippen LogP contribution in [0.2, 0.25) is 0 Å². The molecule has 1 heterocycles. The Bertz CT molecular complexity index is 195. The van der Waals surface area contributed by atoms with Crippen molar-refractivity contribution in [3.8, 4) is 0 Å². The summed E-state index contributed by atoms with van der Waals surface area (Å²) in [6.07, 6.45) is 5.51. The smallest absolute Gasteiger partial charge is 0.0543 e. The van der Waals surface area contributed by atoms with Crippen LogP contribution in [0.3, 0.4) is 0 Å². The summed E-state index contributed by atoms with van der Waals surface area (Å²) in [6.45, 7) is 0. The number of hydrogen-bond donors (Lipinski definition) is 2. The molecule has 2 rings (SSSR count). The van der Waals surface area contributed by atoms with E-state index in [1.165, 1.54) is 17.3 Å². The predicted molar refractivity (Wildman–Crippen MR) is 71.9 cm³/mol. The van der Waals surface area contributed by atoms with E-state index in [9.17, 15) is 10.2 Å². The Morgan fingerprint density at radius 3 is 2.19 bits per heavy atom. The third-order valence-corrected chi connectivity index (χ3v) is 6.45. The number of aliphatic hydroxyl groups is 2. The first-order chi connectivity index (χ1) is 7.75. The second kappa shape index (κ2) is 6.53. The maximum absolute atomic E-state index is 9.91. The van der Waals surface area contributed by atoms with Gasteiger partial charge in [-0.25, -0.2) is 0 Å². The van der Waals surface area contributed by atoms with E-state index in [0.717, 1.165) is 32.1 Å². The van der Waals surface area contributed by atoms with Gasteiger partial charge in [0.2, 0.25) is 0 Å². The van der Waals surface area contributed by atoms with Crippen LogP contribution in [0.4, 0.5) is 0 Å². The van der Waals surface area contributed by atoms with Crippen LogP contribution < -0.4 is 0 Å². The van der Waals surface area contributed by atoms with E-state index in [1.54, 1.807) is 0 Å². The topological polar surface area (TPSA) is 40.5 Å². The molecule has 3 unspecified atom stereocenters. The number of hydrogen-bond acceptors (Lipinski definition) is 4. The van der Waals surface area contributed by atoms with Gasteiger partial charge in [-0.2, -0.15) is 11.8 Å². The van der Waals surface area contributed by atoms with Crippen molar-refractivity contribution in [2.24, 2.45) is 5.92 Å². The minimum absolute atomic E-state index is 0.132. The lowest BCUT2D eigenvalue weighted by Gasteiger charge is -2.34. The molecule has 0 aromatic rings. The van der Waals surface area contributed by atoms with E-state index < -0.39 is 0 Å². The first kappa shape index (κ1) is 13.1. The molecule has 0 bridgehead atoms. The summed E-state index contributed by atoms with van der Waals surface area (Å²) >= 11 is 4.04. The summed E-state index contributed by atoms with van der Waals surface area (Å²) < 4.78 is 0. The fourth-order valence-electron chi connectivity index (χ4n) is 2.77. The van der Waals surface area contributed by atoms with Gasteiger partial charge in [-0.05, 0) is 50.2 Å². The Hall–Kier alpha value is 0.620. The van der Waals surface area contributed by atoms with Crippen LogP contribution in [0.1, 0.15) is 38.5 Å². The van der Waals surface area contributed by atoms with Gasteiger partial charge < -0.3 is 10.2 Å². The van der Waals surface area contributed by atoms with Crippen LogP contribution in [0.25, 0.3) is 0 Å². The van der Waals surface area contributed by atoms with Crippen molar-refractivity contribution in [3.05, 3.63) is 0 Å². The molecule has 16 heavy (non-hydrogen) atoms.